The van der Waals surface area contributed by atoms with E-state index in [1.807, 2.05) is 0 Å². The fraction of sp³-hybridized carbons (Fsp3) is 0.643. The van der Waals surface area contributed by atoms with Crippen molar-refractivity contribution in [2.45, 2.75) is 154 Å². The number of hydrogen-bond acceptors (Lipinski definition) is 8. The van der Waals surface area contributed by atoms with E-state index < -0.39 is 57.6 Å². The van der Waals surface area contributed by atoms with Crippen molar-refractivity contribution in [3.05, 3.63) is 72.9 Å². The van der Waals surface area contributed by atoms with Gasteiger partial charge >= 0.3 is 19.8 Å². The van der Waals surface area contributed by atoms with Crippen molar-refractivity contribution in [1.29, 1.82) is 0 Å². The van der Waals surface area contributed by atoms with Gasteiger partial charge in [-0.05, 0) is 77.0 Å². The van der Waals surface area contributed by atoms with E-state index in [9.17, 15) is 34.1 Å². The average molecular weight is 780 g/mol. The van der Waals surface area contributed by atoms with E-state index in [2.05, 4.69) is 92.1 Å². The van der Waals surface area contributed by atoms with Crippen LogP contribution in [0.3, 0.4) is 0 Å². The Morgan fingerprint density at radius 2 is 1.02 bits per heavy atom. The molecule has 0 aliphatic carbocycles. The molecule has 0 radical (unpaired) electrons. The van der Waals surface area contributed by atoms with Gasteiger partial charge in [0.15, 0.2) is 6.04 Å². The maximum atomic E-state index is 12.2. The number of phosphoric ester groups is 1. The summed E-state index contributed by atoms with van der Waals surface area (Å²) in [6.07, 6.45) is 42.2. The van der Waals surface area contributed by atoms with Gasteiger partial charge in [-0.3, -0.25) is 18.6 Å². The molecule has 1 amide bonds. The normalized spacial score (nSPS) is 14.6. The summed E-state index contributed by atoms with van der Waals surface area (Å²) in [5, 5.41) is 21.7. The topological polar surface area (TPSA) is 169 Å². The summed E-state index contributed by atoms with van der Waals surface area (Å²) in [5.74, 6) is -2.44. The molecular formula is C42H70NO10P. The van der Waals surface area contributed by atoms with Gasteiger partial charge in [-0.15, -0.1) is 0 Å². The summed E-state index contributed by atoms with van der Waals surface area (Å²) in [5.41, 5.74) is 0. The third kappa shape index (κ3) is 35.9. The van der Waals surface area contributed by atoms with Crippen molar-refractivity contribution in [1.82, 2.24) is 5.32 Å². The van der Waals surface area contributed by atoms with Crippen LogP contribution < -0.4 is 5.32 Å². The maximum Gasteiger partial charge on any atom is 0.472 e. The zero-order valence-corrected chi connectivity index (χ0v) is 33.9. The van der Waals surface area contributed by atoms with Gasteiger partial charge in [-0.2, -0.15) is 0 Å². The molecule has 11 nitrogen and oxygen atoms in total. The Hall–Kier alpha value is -3.08. The molecule has 0 spiro atoms. The highest BCUT2D eigenvalue weighted by molar-refractivity contribution is 7.47. The number of carboxylic acid groups (broad SMARTS) is 1. The third-order valence-corrected chi connectivity index (χ3v) is 8.94. The second-order valence-corrected chi connectivity index (χ2v) is 14.5. The van der Waals surface area contributed by atoms with Gasteiger partial charge in [-0.25, -0.2) is 9.36 Å². The van der Waals surface area contributed by atoms with E-state index in [4.69, 9.17) is 13.8 Å². The molecule has 0 aliphatic heterocycles. The van der Waals surface area contributed by atoms with Crippen molar-refractivity contribution < 1.29 is 47.8 Å². The molecule has 0 aromatic carbocycles. The number of carboxylic acids is 1. The van der Waals surface area contributed by atoms with Gasteiger partial charge in [0.2, 0.25) is 5.91 Å². The van der Waals surface area contributed by atoms with Gasteiger partial charge in [0, 0.05) is 12.8 Å². The molecule has 3 atom stereocenters. The highest BCUT2D eigenvalue weighted by Crippen LogP contribution is 2.43. The zero-order valence-electron chi connectivity index (χ0n) is 33.0. The number of phosphoric acid groups is 1. The van der Waals surface area contributed by atoms with Crippen LogP contribution in [0.5, 0.6) is 0 Å². The average Bonchev–Trinajstić information content (AvgIpc) is 3.14. The Bertz CT molecular complexity index is 1190. The second-order valence-electron chi connectivity index (χ2n) is 13.1. The van der Waals surface area contributed by atoms with Crippen LogP contribution in [0.2, 0.25) is 0 Å². The monoisotopic (exact) mass is 779 g/mol. The Kier molecular flexibility index (Phi) is 34.8. The molecule has 0 saturated heterocycles. The lowest BCUT2D eigenvalue weighted by Crippen LogP contribution is -2.43. The number of nitrogens with one attached hydrogen (secondary N) is 1. The van der Waals surface area contributed by atoms with Crippen molar-refractivity contribution in [2.75, 3.05) is 19.8 Å². The van der Waals surface area contributed by atoms with E-state index >= 15 is 0 Å². The number of esters is 1. The smallest absolute Gasteiger partial charge is 0.472 e. The summed E-state index contributed by atoms with van der Waals surface area (Å²) in [6.45, 7) is 2.30. The van der Waals surface area contributed by atoms with E-state index in [0.29, 0.717) is 12.8 Å². The minimum absolute atomic E-state index is 0.106. The summed E-state index contributed by atoms with van der Waals surface area (Å²) in [7, 11) is -4.77. The molecular weight excluding hydrogens is 709 g/mol. The molecule has 0 aliphatic rings. The van der Waals surface area contributed by atoms with Crippen molar-refractivity contribution in [3.63, 3.8) is 0 Å². The van der Waals surface area contributed by atoms with Crippen molar-refractivity contribution >= 4 is 25.7 Å². The number of allylic oxidation sites excluding steroid dienone is 12. The quantitative estimate of drug-likeness (QED) is 0.0208. The Labute approximate surface area is 325 Å². The first-order chi connectivity index (χ1) is 26.1. The van der Waals surface area contributed by atoms with Crippen LogP contribution in [0.1, 0.15) is 142 Å². The number of aliphatic carboxylic acids is 1. The highest BCUT2D eigenvalue weighted by atomic mass is 31.2. The molecule has 0 fully saturated rings. The standard InChI is InChI=1S/C42H70NO10P/c1-3-5-7-9-11-13-15-17-18-19-20-22-24-26-28-30-32-34-41(46)51-35-38(44)36-52-54(49,50)53-37-39(42(47)48)43-40(45)33-31-29-27-25-23-21-16-14-12-10-8-6-4-2/h5-8,11-14,17-18,21,23,38-39,44H,3-4,9-10,15-16,19-20,22,24-37H2,1-2H3,(H,43,45)(H,47,48)(H,49,50)/b7-5-,8-6-,13-11-,14-12-,18-17-,23-21-. The van der Waals surface area contributed by atoms with E-state index in [1.54, 1.807) is 0 Å². The van der Waals surface area contributed by atoms with Crippen molar-refractivity contribution in [2.24, 2.45) is 0 Å². The molecule has 3 unspecified atom stereocenters. The van der Waals surface area contributed by atoms with Crippen LogP contribution in [-0.4, -0.2) is 64.9 Å². The lowest BCUT2D eigenvalue weighted by atomic mass is 10.1. The number of rotatable bonds is 36. The molecule has 0 bridgehead atoms. The third-order valence-electron chi connectivity index (χ3n) is 7.99. The molecule has 0 heterocycles. The minimum Gasteiger partial charge on any atom is -0.480 e. The number of aliphatic hydroxyl groups is 1. The molecule has 0 saturated carbocycles. The van der Waals surface area contributed by atoms with Gasteiger partial charge in [0.1, 0.15) is 12.7 Å². The Morgan fingerprint density at radius 1 is 0.593 bits per heavy atom. The zero-order chi connectivity index (χ0) is 40.0. The first kappa shape index (κ1) is 50.9. The minimum atomic E-state index is -4.77. The molecule has 308 valence electrons. The largest absolute Gasteiger partial charge is 0.480 e. The molecule has 54 heavy (non-hydrogen) atoms. The number of amides is 1. The molecule has 0 aromatic rings. The van der Waals surface area contributed by atoms with Crippen LogP contribution in [0, 0.1) is 0 Å². The van der Waals surface area contributed by atoms with Gasteiger partial charge in [0.05, 0.1) is 13.2 Å². The molecule has 0 aromatic heterocycles. The second kappa shape index (κ2) is 36.9. The van der Waals surface area contributed by atoms with Gasteiger partial charge < -0.3 is 25.2 Å². The van der Waals surface area contributed by atoms with E-state index in [1.165, 1.54) is 12.8 Å². The molecule has 0 rings (SSSR count). The van der Waals surface area contributed by atoms with Crippen LogP contribution in [0.4, 0.5) is 0 Å². The van der Waals surface area contributed by atoms with Crippen LogP contribution in [-0.2, 0) is 32.7 Å². The van der Waals surface area contributed by atoms with E-state index in [-0.39, 0.29) is 12.8 Å². The fourth-order valence-corrected chi connectivity index (χ4v) is 5.70. The van der Waals surface area contributed by atoms with Crippen molar-refractivity contribution in [3.8, 4) is 0 Å². The van der Waals surface area contributed by atoms with Crippen LogP contribution >= 0.6 is 7.82 Å². The Balaban J connectivity index is 3.98. The summed E-state index contributed by atoms with van der Waals surface area (Å²) >= 11 is 0. The first-order valence-electron chi connectivity index (χ1n) is 20.0. The predicted octanol–water partition coefficient (Wildman–Crippen LogP) is 9.77. The number of unbranched alkanes of at least 4 members (excludes halogenated alkanes) is 10. The molecule has 12 heteroatoms. The fourth-order valence-electron chi connectivity index (χ4n) is 4.93. The number of aliphatic hydroxyl groups excluding tert-OH is 1. The summed E-state index contributed by atoms with van der Waals surface area (Å²) < 4.78 is 26.7. The number of carbonyl (C=O) groups excluding carboxylic acids is 2. The number of carbonyl (C=O) groups is 3. The first-order valence-corrected chi connectivity index (χ1v) is 21.5. The molecule has 4 N–H and O–H groups in total. The predicted molar refractivity (Wildman–Crippen MR) is 217 cm³/mol. The lowest BCUT2D eigenvalue weighted by molar-refractivity contribution is -0.147. The maximum absolute atomic E-state index is 12.2. The van der Waals surface area contributed by atoms with Crippen LogP contribution in [0.25, 0.3) is 0 Å². The van der Waals surface area contributed by atoms with E-state index in [0.717, 1.165) is 89.9 Å². The Morgan fingerprint density at radius 3 is 1.54 bits per heavy atom. The SMILES string of the molecule is CC/C=C\C/C=C\C/C=C\CCCCCCCCCC(=O)OCC(O)COP(=O)(O)OCC(NC(=O)CCCCC/C=C\C/C=C\C/C=C\CC)C(=O)O. The lowest BCUT2D eigenvalue weighted by Gasteiger charge is -2.18. The van der Waals surface area contributed by atoms with Gasteiger partial charge in [-0.1, -0.05) is 125 Å². The number of hydrogen-bond donors (Lipinski definition) is 4. The summed E-state index contributed by atoms with van der Waals surface area (Å²) in [4.78, 5) is 45.8. The van der Waals surface area contributed by atoms with Gasteiger partial charge in [0.25, 0.3) is 0 Å². The highest BCUT2D eigenvalue weighted by Gasteiger charge is 2.28. The number of ether oxygens (including phenoxy) is 1. The van der Waals surface area contributed by atoms with Crippen LogP contribution in [0.15, 0.2) is 72.9 Å². The summed E-state index contributed by atoms with van der Waals surface area (Å²) in [6, 6.07) is -1.57.